The van der Waals surface area contributed by atoms with E-state index in [1.165, 1.54) is 4.90 Å². The molecule has 0 radical (unpaired) electrons. The first-order valence-electron chi connectivity index (χ1n) is 10.8. The first-order chi connectivity index (χ1) is 15.4. The standard InChI is InChI=1S/C25H28N2O5/c1-16-8-4-6-10-20(18-12-13-22-23(14-18)31-15-30-22)26-24(28)17(2)27(3)25(29)19-9-5-7-11-21(19)32-16/h4-7,9,11-14,16-17,20H,8,10,15H2,1-3H3,(H,26,28)/b6-4-/t16-,17-,20+/m0/s1. The number of hydrogen-bond donors (Lipinski definition) is 1. The molecule has 0 aromatic heterocycles. The van der Waals surface area contributed by atoms with Crippen LogP contribution in [0.2, 0.25) is 0 Å². The minimum absolute atomic E-state index is 0.107. The summed E-state index contributed by atoms with van der Waals surface area (Å²) in [6.07, 6.45) is 5.26. The minimum atomic E-state index is -0.670. The van der Waals surface area contributed by atoms with Crippen molar-refractivity contribution in [3.05, 3.63) is 65.7 Å². The Kier molecular flexibility index (Phi) is 6.35. The van der Waals surface area contributed by atoms with E-state index in [9.17, 15) is 9.59 Å². The minimum Gasteiger partial charge on any atom is -0.490 e. The van der Waals surface area contributed by atoms with Gasteiger partial charge in [-0.2, -0.15) is 0 Å². The SMILES string of the molecule is C[C@H]1C/C=C\C[C@H](c2ccc3c(c2)OCO3)NC(=O)[C@H](C)N(C)C(=O)c2ccccc2O1. The number of benzene rings is 2. The fourth-order valence-corrected chi connectivity index (χ4v) is 3.77. The highest BCUT2D eigenvalue weighted by atomic mass is 16.7. The molecule has 0 fully saturated rings. The van der Waals surface area contributed by atoms with E-state index in [-0.39, 0.29) is 30.8 Å². The highest BCUT2D eigenvalue weighted by Crippen LogP contribution is 2.35. The first kappa shape index (κ1) is 21.7. The average Bonchev–Trinajstić information content (AvgIpc) is 3.27. The summed E-state index contributed by atoms with van der Waals surface area (Å²) in [5, 5.41) is 3.10. The van der Waals surface area contributed by atoms with Crippen molar-refractivity contribution in [1.29, 1.82) is 0 Å². The summed E-state index contributed by atoms with van der Waals surface area (Å²) < 4.78 is 17.0. The van der Waals surface area contributed by atoms with Crippen molar-refractivity contribution >= 4 is 11.8 Å². The molecule has 7 nitrogen and oxygen atoms in total. The van der Waals surface area contributed by atoms with Gasteiger partial charge in [-0.15, -0.1) is 0 Å². The number of hydrogen-bond acceptors (Lipinski definition) is 5. The van der Waals surface area contributed by atoms with Crippen LogP contribution in [0, 0.1) is 0 Å². The molecule has 0 bridgehead atoms. The molecule has 2 aliphatic heterocycles. The molecule has 1 N–H and O–H groups in total. The van der Waals surface area contributed by atoms with E-state index in [1.807, 2.05) is 43.3 Å². The second-order valence-corrected chi connectivity index (χ2v) is 8.13. The number of nitrogens with one attached hydrogen (secondary N) is 1. The molecule has 2 amide bonds. The van der Waals surface area contributed by atoms with E-state index in [1.54, 1.807) is 32.2 Å². The van der Waals surface area contributed by atoms with E-state index >= 15 is 0 Å². The third kappa shape index (κ3) is 4.56. The van der Waals surface area contributed by atoms with Crippen LogP contribution in [0.1, 0.15) is 48.7 Å². The zero-order valence-corrected chi connectivity index (χ0v) is 18.5. The Hall–Kier alpha value is -3.48. The van der Waals surface area contributed by atoms with Gasteiger partial charge in [0.15, 0.2) is 11.5 Å². The molecule has 0 unspecified atom stereocenters. The summed E-state index contributed by atoms with van der Waals surface area (Å²) >= 11 is 0. The number of nitrogens with zero attached hydrogens (tertiary/aromatic N) is 1. The Labute approximate surface area is 188 Å². The van der Waals surface area contributed by atoms with Crippen LogP contribution >= 0.6 is 0 Å². The van der Waals surface area contributed by atoms with Crippen LogP contribution in [-0.2, 0) is 4.79 Å². The number of fused-ring (bicyclic) bond motifs is 2. The normalized spacial score (nSPS) is 24.7. The lowest BCUT2D eigenvalue weighted by Crippen LogP contribution is -2.47. The van der Waals surface area contributed by atoms with Gasteiger partial charge in [-0.3, -0.25) is 9.59 Å². The summed E-state index contributed by atoms with van der Waals surface area (Å²) in [7, 11) is 1.63. The molecule has 2 aromatic carbocycles. The van der Waals surface area contributed by atoms with E-state index in [0.29, 0.717) is 35.7 Å². The van der Waals surface area contributed by atoms with Crippen LogP contribution in [0.15, 0.2) is 54.6 Å². The van der Waals surface area contributed by atoms with E-state index < -0.39 is 6.04 Å². The van der Waals surface area contributed by atoms with E-state index in [4.69, 9.17) is 14.2 Å². The quantitative estimate of drug-likeness (QED) is 0.687. The van der Waals surface area contributed by atoms with Crippen LogP contribution in [0.3, 0.4) is 0 Å². The molecule has 32 heavy (non-hydrogen) atoms. The molecule has 2 aliphatic rings. The summed E-state index contributed by atoms with van der Waals surface area (Å²) in [5.41, 5.74) is 1.35. The highest BCUT2D eigenvalue weighted by molar-refractivity contribution is 5.99. The third-order valence-electron chi connectivity index (χ3n) is 5.85. The van der Waals surface area contributed by atoms with Gasteiger partial charge in [-0.25, -0.2) is 0 Å². The lowest BCUT2D eigenvalue weighted by molar-refractivity contribution is -0.125. The highest BCUT2D eigenvalue weighted by Gasteiger charge is 2.28. The molecule has 0 aliphatic carbocycles. The van der Waals surface area contributed by atoms with Crippen molar-refractivity contribution in [3.63, 3.8) is 0 Å². The Morgan fingerprint density at radius 3 is 2.53 bits per heavy atom. The second kappa shape index (κ2) is 9.34. The number of para-hydroxylation sites is 1. The lowest BCUT2D eigenvalue weighted by Gasteiger charge is -2.28. The molecule has 3 atom stereocenters. The Morgan fingerprint density at radius 1 is 0.938 bits per heavy atom. The van der Waals surface area contributed by atoms with Gasteiger partial charge < -0.3 is 24.4 Å². The van der Waals surface area contributed by atoms with Gasteiger partial charge in [0, 0.05) is 13.5 Å². The van der Waals surface area contributed by atoms with Crippen molar-refractivity contribution in [1.82, 2.24) is 10.2 Å². The first-order valence-corrected chi connectivity index (χ1v) is 10.8. The maximum Gasteiger partial charge on any atom is 0.258 e. The van der Waals surface area contributed by atoms with Gasteiger partial charge in [0.2, 0.25) is 12.7 Å². The molecule has 0 saturated carbocycles. The van der Waals surface area contributed by atoms with Crippen LogP contribution in [0.25, 0.3) is 0 Å². The molecule has 0 spiro atoms. The maximum absolute atomic E-state index is 13.2. The summed E-state index contributed by atoms with van der Waals surface area (Å²) in [6, 6.07) is 11.9. The molecule has 2 aromatic rings. The van der Waals surface area contributed by atoms with Crippen molar-refractivity contribution in [2.45, 2.75) is 44.9 Å². The third-order valence-corrected chi connectivity index (χ3v) is 5.85. The molecule has 4 rings (SSSR count). The van der Waals surface area contributed by atoms with Crippen LogP contribution in [-0.4, -0.2) is 42.7 Å². The predicted octanol–water partition coefficient (Wildman–Crippen LogP) is 3.85. The van der Waals surface area contributed by atoms with Crippen molar-refractivity contribution in [3.8, 4) is 17.2 Å². The second-order valence-electron chi connectivity index (χ2n) is 8.13. The van der Waals surface area contributed by atoms with Gasteiger partial charge in [0.1, 0.15) is 11.8 Å². The van der Waals surface area contributed by atoms with Gasteiger partial charge in [0.25, 0.3) is 5.91 Å². The zero-order chi connectivity index (χ0) is 22.7. The summed E-state index contributed by atoms with van der Waals surface area (Å²) in [6.45, 7) is 3.89. The molecular formula is C25H28N2O5. The van der Waals surface area contributed by atoms with Gasteiger partial charge in [0.05, 0.1) is 17.7 Å². The van der Waals surface area contributed by atoms with Crippen LogP contribution < -0.4 is 19.5 Å². The van der Waals surface area contributed by atoms with Gasteiger partial charge >= 0.3 is 0 Å². The van der Waals surface area contributed by atoms with Crippen molar-refractivity contribution in [2.24, 2.45) is 0 Å². The van der Waals surface area contributed by atoms with Crippen molar-refractivity contribution < 1.29 is 23.8 Å². The molecule has 0 saturated heterocycles. The fourth-order valence-electron chi connectivity index (χ4n) is 3.77. The molecule has 2 heterocycles. The number of carbonyl (C=O) groups excluding carboxylic acids is 2. The smallest absolute Gasteiger partial charge is 0.258 e. The van der Waals surface area contributed by atoms with E-state index in [2.05, 4.69) is 5.32 Å². The van der Waals surface area contributed by atoms with Crippen molar-refractivity contribution in [2.75, 3.05) is 13.8 Å². The van der Waals surface area contributed by atoms with Crippen LogP contribution in [0.5, 0.6) is 17.2 Å². The van der Waals surface area contributed by atoms with Crippen LogP contribution in [0.4, 0.5) is 0 Å². The summed E-state index contributed by atoms with van der Waals surface area (Å²) in [4.78, 5) is 27.7. The lowest BCUT2D eigenvalue weighted by atomic mass is 10.0. The molecular weight excluding hydrogens is 408 g/mol. The maximum atomic E-state index is 13.2. The Balaban J connectivity index is 1.64. The van der Waals surface area contributed by atoms with Gasteiger partial charge in [-0.05, 0) is 50.1 Å². The largest absolute Gasteiger partial charge is 0.490 e. The average molecular weight is 437 g/mol. The molecule has 168 valence electrons. The monoisotopic (exact) mass is 436 g/mol. The molecule has 7 heteroatoms. The number of carbonyl (C=O) groups is 2. The number of amides is 2. The number of ether oxygens (including phenoxy) is 3. The Bertz CT molecular complexity index is 1030. The Morgan fingerprint density at radius 2 is 1.69 bits per heavy atom. The fraction of sp³-hybridized carbons (Fsp3) is 0.360. The predicted molar refractivity (Wildman–Crippen MR) is 120 cm³/mol. The zero-order valence-electron chi connectivity index (χ0n) is 18.5. The number of likely N-dealkylation sites (N-methyl/N-ethyl adjacent to an activating group) is 1. The summed E-state index contributed by atoms with van der Waals surface area (Å²) in [5.74, 6) is 1.38. The van der Waals surface area contributed by atoms with E-state index in [0.717, 1.165) is 5.56 Å². The number of rotatable bonds is 1. The topological polar surface area (TPSA) is 77.1 Å². The van der Waals surface area contributed by atoms with Gasteiger partial charge in [-0.1, -0.05) is 30.4 Å².